The molecule has 0 aliphatic rings. The summed E-state index contributed by atoms with van der Waals surface area (Å²) in [4.78, 5) is 24.2. The average molecular weight is 432 g/mol. The van der Waals surface area contributed by atoms with E-state index in [0.717, 1.165) is 5.56 Å². The molecule has 0 heterocycles. The van der Waals surface area contributed by atoms with Gasteiger partial charge >= 0.3 is 0 Å². The summed E-state index contributed by atoms with van der Waals surface area (Å²) < 4.78 is 27.1. The summed E-state index contributed by atoms with van der Waals surface area (Å²) in [7, 11) is -3.47. The zero-order valence-corrected chi connectivity index (χ0v) is 18.5. The number of sulfonamides is 1. The zero-order chi connectivity index (χ0) is 22.3. The summed E-state index contributed by atoms with van der Waals surface area (Å²) in [6, 6.07) is 13.5. The van der Waals surface area contributed by atoms with Crippen molar-refractivity contribution in [2.45, 2.75) is 46.0 Å². The first-order chi connectivity index (χ1) is 14.1. The molecule has 0 saturated heterocycles. The molecule has 8 heteroatoms. The van der Waals surface area contributed by atoms with Gasteiger partial charge in [0.2, 0.25) is 15.9 Å². The molecule has 0 atom stereocenters. The number of amides is 2. The lowest BCUT2D eigenvalue weighted by Gasteiger charge is -2.13. The molecule has 0 saturated carbocycles. The van der Waals surface area contributed by atoms with Crippen LogP contribution in [0.4, 0.5) is 5.69 Å². The minimum Gasteiger partial charge on any atom is -0.348 e. The highest BCUT2D eigenvalue weighted by molar-refractivity contribution is 7.88. The van der Waals surface area contributed by atoms with E-state index in [-0.39, 0.29) is 36.1 Å². The van der Waals surface area contributed by atoms with Gasteiger partial charge in [-0.3, -0.25) is 9.59 Å². The lowest BCUT2D eigenvalue weighted by Crippen LogP contribution is -2.32. The van der Waals surface area contributed by atoms with Crippen molar-refractivity contribution in [2.24, 2.45) is 5.92 Å². The van der Waals surface area contributed by atoms with Crippen molar-refractivity contribution in [2.75, 3.05) is 5.32 Å². The molecule has 2 rings (SSSR count). The monoisotopic (exact) mass is 431 g/mol. The number of anilines is 1. The SMILES string of the molecule is CC(C)NS(=O)(=O)Cc1ccccc1CNC(=O)c1ccc(NC(=O)C(C)C)cc1. The predicted molar refractivity (Wildman–Crippen MR) is 118 cm³/mol. The van der Waals surface area contributed by atoms with E-state index in [1.165, 1.54) is 0 Å². The maximum atomic E-state index is 12.5. The molecule has 0 unspecified atom stereocenters. The molecule has 162 valence electrons. The van der Waals surface area contributed by atoms with Crippen molar-refractivity contribution < 1.29 is 18.0 Å². The molecular formula is C22H29N3O4S. The Hall–Kier alpha value is -2.71. The topological polar surface area (TPSA) is 104 Å². The van der Waals surface area contributed by atoms with Gasteiger partial charge in [-0.05, 0) is 49.2 Å². The van der Waals surface area contributed by atoms with Gasteiger partial charge in [-0.1, -0.05) is 38.1 Å². The quantitative estimate of drug-likeness (QED) is 0.568. The Kier molecular flexibility index (Phi) is 8.14. The van der Waals surface area contributed by atoms with Crippen LogP contribution in [0.3, 0.4) is 0 Å². The van der Waals surface area contributed by atoms with Gasteiger partial charge in [-0.2, -0.15) is 0 Å². The van der Waals surface area contributed by atoms with Crippen molar-refractivity contribution in [3.8, 4) is 0 Å². The predicted octanol–water partition coefficient (Wildman–Crippen LogP) is 3.04. The summed E-state index contributed by atoms with van der Waals surface area (Å²) in [5.41, 5.74) is 2.45. The third kappa shape index (κ3) is 7.27. The highest BCUT2D eigenvalue weighted by Gasteiger charge is 2.16. The third-order valence-electron chi connectivity index (χ3n) is 4.26. The minimum atomic E-state index is -3.47. The molecule has 0 radical (unpaired) electrons. The van der Waals surface area contributed by atoms with Crippen LogP contribution >= 0.6 is 0 Å². The Morgan fingerprint density at radius 3 is 2.07 bits per heavy atom. The van der Waals surface area contributed by atoms with Crippen molar-refractivity contribution in [1.29, 1.82) is 0 Å². The summed E-state index contributed by atoms with van der Waals surface area (Å²) >= 11 is 0. The number of hydrogen-bond acceptors (Lipinski definition) is 4. The van der Waals surface area contributed by atoms with E-state index < -0.39 is 10.0 Å². The summed E-state index contributed by atoms with van der Waals surface area (Å²) in [6.07, 6.45) is 0. The second-order valence-electron chi connectivity index (χ2n) is 7.70. The first-order valence-electron chi connectivity index (χ1n) is 9.83. The molecule has 30 heavy (non-hydrogen) atoms. The van der Waals surface area contributed by atoms with Gasteiger partial charge in [0, 0.05) is 29.8 Å². The average Bonchev–Trinajstić information content (AvgIpc) is 2.66. The fraction of sp³-hybridized carbons (Fsp3) is 0.364. The normalized spacial score (nSPS) is 11.5. The van der Waals surface area contributed by atoms with Crippen molar-refractivity contribution in [3.05, 3.63) is 65.2 Å². The van der Waals surface area contributed by atoms with Crippen LogP contribution in [0.25, 0.3) is 0 Å². The molecule has 0 aromatic heterocycles. The maximum absolute atomic E-state index is 12.5. The summed E-state index contributed by atoms with van der Waals surface area (Å²) in [5.74, 6) is -0.658. The number of rotatable bonds is 9. The van der Waals surface area contributed by atoms with Crippen LogP contribution in [-0.2, 0) is 27.1 Å². The van der Waals surface area contributed by atoms with E-state index >= 15 is 0 Å². The molecule has 7 nitrogen and oxygen atoms in total. The maximum Gasteiger partial charge on any atom is 0.251 e. The van der Waals surface area contributed by atoms with Crippen LogP contribution in [0.1, 0.15) is 49.2 Å². The van der Waals surface area contributed by atoms with Gasteiger partial charge in [0.1, 0.15) is 0 Å². The second kappa shape index (κ2) is 10.4. The van der Waals surface area contributed by atoms with Crippen molar-refractivity contribution in [1.82, 2.24) is 10.0 Å². The van der Waals surface area contributed by atoms with Crippen LogP contribution < -0.4 is 15.4 Å². The molecule has 0 aliphatic carbocycles. The van der Waals surface area contributed by atoms with Gasteiger partial charge in [0.05, 0.1) is 5.75 Å². The van der Waals surface area contributed by atoms with Crippen LogP contribution in [0, 0.1) is 5.92 Å². The third-order valence-corrected chi connectivity index (χ3v) is 5.78. The van der Waals surface area contributed by atoms with Crippen LogP contribution in [0.15, 0.2) is 48.5 Å². The largest absolute Gasteiger partial charge is 0.348 e. The molecule has 2 aromatic carbocycles. The Morgan fingerprint density at radius 2 is 1.50 bits per heavy atom. The summed E-state index contributed by atoms with van der Waals surface area (Å²) in [6.45, 7) is 7.35. The van der Waals surface area contributed by atoms with Gasteiger partial charge in [-0.25, -0.2) is 13.1 Å². The van der Waals surface area contributed by atoms with E-state index in [0.29, 0.717) is 16.8 Å². The second-order valence-corrected chi connectivity index (χ2v) is 9.46. The Bertz CT molecular complexity index is 984. The van der Waals surface area contributed by atoms with Crippen molar-refractivity contribution in [3.63, 3.8) is 0 Å². The highest BCUT2D eigenvalue weighted by Crippen LogP contribution is 2.14. The van der Waals surface area contributed by atoms with E-state index in [1.807, 2.05) is 0 Å². The summed E-state index contributed by atoms with van der Waals surface area (Å²) in [5, 5.41) is 5.59. The molecule has 0 fully saturated rings. The lowest BCUT2D eigenvalue weighted by molar-refractivity contribution is -0.118. The smallest absolute Gasteiger partial charge is 0.251 e. The molecule has 2 amide bonds. The fourth-order valence-electron chi connectivity index (χ4n) is 2.75. The molecule has 0 bridgehead atoms. The lowest BCUT2D eigenvalue weighted by atomic mass is 10.1. The number of carbonyl (C=O) groups excluding carboxylic acids is 2. The van der Waals surface area contributed by atoms with Crippen LogP contribution in [0.5, 0.6) is 0 Å². The molecule has 2 aromatic rings. The Morgan fingerprint density at radius 1 is 0.900 bits per heavy atom. The van der Waals surface area contributed by atoms with E-state index in [4.69, 9.17) is 0 Å². The first kappa shape index (κ1) is 23.6. The Balaban J connectivity index is 2.02. The van der Waals surface area contributed by atoms with Gasteiger partial charge in [0.25, 0.3) is 5.91 Å². The first-order valence-corrected chi connectivity index (χ1v) is 11.5. The number of carbonyl (C=O) groups is 2. The van der Waals surface area contributed by atoms with Crippen molar-refractivity contribution >= 4 is 27.5 Å². The molecular weight excluding hydrogens is 402 g/mol. The number of hydrogen-bond donors (Lipinski definition) is 3. The van der Waals surface area contributed by atoms with E-state index in [1.54, 1.807) is 76.2 Å². The standard InChI is InChI=1S/C22H29N3O4S/c1-15(2)21(26)24-20-11-9-17(10-12-20)22(27)23-13-18-7-5-6-8-19(18)14-30(28,29)25-16(3)4/h5-12,15-16,25H,13-14H2,1-4H3,(H,23,27)(H,24,26). The highest BCUT2D eigenvalue weighted by atomic mass is 32.2. The number of benzene rings is 2. The van der Waals surface area contributed by atoms with Crippen LogP contribution in [0.2, 0.25) is 0 Å². The van der Waals surface area contributed by atoms with E-state index in [2.05, 4.69) is 15.4 Å². The van der Waals surface area contributed by atoms with Gasteiger partial charge < -0.3 is 10.6 Å². The number of nitrogens with one attached hydrogen (secondary N) is 3. The van der Waals surface area contributed by atoms with Gasteiger partial charge in [0.15, 0.2) is 0 Å². The molecule has 0 aliphatic heterocycles. The van der Waals surface area contributed by atoms with Crippen LogP contribution in [-0.4, -0.2) is 26.3 Å². The molecule has 3 N–H and O–H groups in total. The van der Waals surface area contributed by atoms with Gasteiger partial charge in [-0.15, -0.1) is 0 Å². The Labute approximate surface area is 178 Å². The fourth-order valence-corrected chi connectivity index (χ4v) is 4.24. The molecule has 0 spiro atoms. The zero-order valence-electron chi connectivity index (χ0n) is 17.7. The minimum absolute atomic E-state index is 0.0919. The van der Waals surface area contributed by atoms with E-state index in [9.17, 15) is 18.0 Å².